The summed E-state index contributed by atoms with van der Waals surface area (Å²) in [5, 5.41) is 6.86. The smallest absolute Gasteiger partial charge is 0.166 e. The van der Waals surface area contributed by atoms with Crippen LogP contribution in [0.15, 0.2) is 267 Å². The third-order valence-electron chi connectivity index (χ3n) is 16.5. The zero-order valence-electron chi connectivity index (χ0n) is 45.8. The van der Waals surface area contributed by atoms with Crippen LogP contribution in [0, 0.1) is 0 Å². The van der Waals surface area contributed by atoms with Crippen LogP contribution in [-0.4, -0.2) is 39.0 Å². The molecule has 0 amide bonds. The molecule has 0 saturated heterocycles. The van der Waals surface area contributed by atoms with Gasteiger partial charge in [0, 0.05) is 60.6 Å². The topological polar surface area (TPSA) is 87.2 Å². The SMILES string of the molecule is C1=CCCC(c2nc(C3=CCCC=C3)nc(-c3ccc(-n4c5ccc(-c6ccccc6)cc5c5cc(-c6ccccc6)c6c(c7ccccc7n6-c6ccc7ccccc7c6)c54)c(-c4nc(-c5ccccc5)nc(-c5ccccc5)n4)c3)n2)=C1. The number of benzene rings is 10. The third kappa shape index (κ3) is 8.54. The summed E-state index contributed by atoms with van der Waals surface area (Å²) in [7, 11) is 0. The van der Waals surface area contributed by atoms with Crippen LogP contribution in [0.1, 0.15) is 37.3 Å². The third-order valence-corrected chi connectivity index (χ3v) is 16.5. The van der Waals surface area contributed by atoms with E-state index in [1.165, 1.54) is 10.8 Å². The molecule has 14 aromatic rings. The van der Waals surface area contributed by atoms with Crippen LogP contribution in [0.25, 0.3) is 145 Å². The Balaban J connectivity index is 1.06. The molecule has 8 heteroatoms. The average molecular weight is 1080 g/mol. The molecule has 4 aromatic heterocycles. The average Bonchev–Trinajstić information content (AvgIpc) is 1.59. The fraction of sp³-hybridized carbons (Fsp3) is 0.0526. The summed E-state index contributed by atoms with van der Waals surface area (Å²) < 4.78 is 4.96. The minimum atomic E-state index is 0.513. The number of hydrogen-bond donors (Lipinski definition) is 0. The molecule has 0 radical (unpaired) electrons. The highest BCUT2D eigenvalue weighted by Gasteiger charge is 2.28. The quantitative estimate of drug-likeness (QED) is 0.136. The van der Waals surface area contributed by atoms with Gasteiger partial charge in [0.05, 0.1) is 27.8 Å². The number of rotatable bonds is 10. The summed E-state index contributed by atoms with van der Waals surface area (Å²) in [5.74, 6) is 3.55. The molecule has 2 aliphatic rings. The van der Waals surface area contributed by atoms with Gasteiger partial charge in [-0.2, -0.15) is 0 Å². The summed E-state index contributed by atoms with van der Waals surface area (Å²) in [5.41, 5.74) is 16.3. The highest BCUT2D eigenvalue weighted by Crippen LogP contribution is 2.48. The molecule has 2 aliphatic carbocycles. The minimum absolute atomic E-state index is 0.513. The van der Waals surface area contributed by atoms with Crippen LogP contribution in [0.3, 0.4) is 0 Å². The van der Waals surface area contributed by atoms with E-state index in [9.17, 15) is 0 Å². The second-order valence-electron chi connectivity index (χ2n) is 21.6. The van der Waals surface area contributed by atoms with E-state index in [0.29, 0.717) is 34.9 Å². The van der Waals surface area contributed by atoms with Gasteiger partial charge in [-0.05, 0) is 113 Å². The summed E-state index contributed by atoms with van der Waals surface area (Å²) in [4.78, 5) is 32.1. The molecule has 0 aliphatic heterocycles. The van der Waals surface area contributed by atoms with Gasteiger partial charge < -0.3 is 9.13 Å². The van der Waals surface area contributed by atoms with Crippen LogP contribution in [0.4, 0.5) is 0 Å². The molecule has 8 nitrogen and oxygen atoms in total. The molecule has 0 unspecified atom stereocenters. The van der Waals surface area contributed by atoms with Crippen LogP contribution < -0.4 is 0 Å². The van der Waals surface area contributed by atoms with Crippen LogP contribution in [0.5, 0.6) is 0 Å². The van der Waals surface area contributed by atoms with E-state index in [4.69, 9.17) is 29.9 Å². The van der Waals surface area contributed by atoms with Gasteiger partial charge in [0.15, 0.2) is 34.9 Å². The van der Waals surface area contributed by atoms with Crippen molar-refractivity contribution in [2.75, 3.05) is 0 Å². The van der Waals surface area contributed by atoms with Crippen molar-refractivity contribution in [3.63, 3.8) is 0 Å². The van der Waals surface area contributed by atoms with E-state index < -0.39 is 0 Å². The Labute approximate surface area is 485 Å². The largest absolute Gasteiger partial charge is 0.309 e. The molecular formula is C76H52N8. The zero-order valence-corrected chi connectivity index (χ0v) is 45.8. The number of nitrogens with zero attached hydrogens (tertiary/aromatic N) is 8. The first-order valence-corrected chi connectivity index (χ1v) is 28.8. The molecule has 10 aromatic carbocycles. The van der Waals surface area contributed by atoms with Gasteiger partial charge in [-0.15, -0.1) is 0 Å². The lowest BCUT2D eigenvalue weighted by Crippen LogP contribution is -2.07. The van der Waals surface area contributed by atoms with E-state index in [0.717, 1.165) is 136 Å². The first-order valence-electron chi connectivity index (χ1n) is 28.8. The molecule has 0 N–H and O–H groups in total. The second-order valence-corrected chi connectivity index (χ2v) is 21.6. The Kier molecular flexibility index (Phi) is 12.0. The Morgan fingerprint density at radius 3 is 1.69 bits per heavy atom. The van der Waals surface area contributed by atoms with Crippen molar-refractivity contribution in [3.8, 4) is 79.2 Å². The van der Waals surface area contributed by atoms with Gasteiger partial charge in [0.1, 0.15) is 0 Å². The number of hydrogen-bond acceptors (Lipinski definition) is 6. The highest BCUT2D eigenvalue weighted by atomic mass is 15.1. The molecule has 84 heavy (non-hydrogen) atoms. The van der Waals surface area contributed by atoms with Crippen LogP contribution >= 0.6 is 0 Å². The minimum Gasteiger partial charge on any atom is -0.309 e. The Hall–Kier alpha value is -11.0. The summed E-state index contributed by atoms with van der Waals surface area (Å²) in [6, 6.07) is 82.3. The van der Waals surface area contributed by atoms with Crippen molar-refractivity contribution >= 4 is 65.5 Å². The fourth-order valence-corrected chi connectivity index (χ4v) is 12.5. The van der Waals surface area contributed by atoms with Gasteiger partial charge in [-0.25, -0.2) is 29.9 Å². The van der Waals surface area contributed by atoms with Gasteiger partial charge in [-0.3, -0.25) is 0 Å². The zero-order chi connectivity index (χ0) is 55.5. The first-order chi connectivity index (χ1) is 41.6. The van der Waals surface area contributed by atoms with E-state index in [1.54, 1.807) is 0 Å². The predicted octanol–water partition coefficient (Wildman–Crippen LogP) is 18.9. The summed E-state index contributed by atoms with van der Waals surface area (Å²) >= 11 is 0. The molecule has 0 spiro atoms. The van der Waals surface area contributed by atoms with Crippen molar-refractivity contribution in [2.45, 2.75) is 25.7 Å². The van der Waals surface area contributed by atoms with Crippen molar-refractivity contribution in [3.05, 3.63) is 279 Å². The molecule has 0 bridgehead atoms. The molecular weight excluding hydrogens is 1020 g/mol. The van der Waals surface area contributed by atoms with Crippen molar-refractivity contribution in [2.24, 2.45) is 0 Å². The first kappa shape index (κ1) is 48.9. The van der Waals surface area contributed by atoms with Crippen molar-refractivity contribution < 1.29 is 0 Å². The number of allylic oxidation sites excluding steroid dienone is 8. The van der Waals surface area contributed by atoms with Gasteiger partial charge in [0.25, 0.3) is 0 Å². The molecule has 4 heterocycles. The van der Waals surface area contributed by atoms with Crippen LogP contribution in [0.2, 0.25) is 0 Å². The Bertz CT molecular complexity index is 4990. The van der Waals surface area contributed by atoms with E-state index >= 15 is 0 Å². The monoisotopic (exact) mass is 1080 g/mol. The maximum Gasteiger partial charge on any atom is 0.166 e. The molecule has 0 fully saturated rings. The number of aromatic nitrogens is 8. The van der Waals surface area contributed by atoms with Crippen molar-refractivity contribution in [1.29, 1.82) is 0 Å². The van der Waals surface area contributed by atoms with E-state index in [-0.39, 0.29) is 0 Å². The second kappa shape index (κ2) is 20.5. The van der Waals surface area contributed by atoms with Crippen molar-refractivity contribution in [1.82, 2.24) is 39.0 Å². The lowest BCUT2D eigenvalue weighted by molar-refractivity contribution is 0.952. The summed E-state index contributed by atoms with van der Waals surface area (Å²) in [6.07, 6.45) is 16.7. The molecule has 0 atom stereocenters. The molecule has 0 saturated carbocycles. The van der Waals surface area contributed by atoms with Crippen LogP contribution in [-0.2, 0) is 0 Å². The lowest BCUT2D eigenvalue weighted by Gasteiger charge is -2.18. The highest BCUT2D eigenvalue weighted by molar-refractivity contribution is 6.29. The van der Waals surface area contributed by atoms with Gasteiger partial charge in [-0.1, -0.05) is 212 Å². The number of fused-ring (bicyclic) bond motifs is 8. The number of para-hydroxylation sites is 1. The lowest BCUT2D eigenvalue weighted by atomic mass is 9.97. The van der Waals surface area contributed by atoms with E-state index in [2.05, 4.69) is 240 Å². The van der Waals surface area contributed by atoms with E-state index in [1.807, 2.05) is 36.4 Å². The fourth-order valence-electron chi connectivity index (χ4n) is 12.5. The normalized spacial score (nSPS) is 13.3. The Morgan fingerprint density at radius 2 is 0.964 bits per heavy atom. The molecule has 16 rings (SSSR count). The maximum absolute atomic E-state index is 5.51. The Morgan fingerprint density at radius 1 is 0.345 bits per heavy atom. The van der Waals surface area contributed by atoms with Gasteiger partial charge in [0.2, 0.25) is 0 Å². The molecule has 396 valence electrons. The predicted molar refractivity (Wildman–Crippen MR) is 345 cm³/mol. The standard InChI is InChI=1S/C76H52N8/c1-7-23-49(24-8-1)57-40-43-66-62(46-57)63-48-61(51-26-9-2-10-27-51)69-68(60-37-21-22-38-65(60)83(69)59-42-39-50-25-19-20-36-56(50)45-59)70(63)84(66)67-44-41-58(75-79-71(52-28-11-3-12-29-52)77-72(80-75)53-30-13-4-14-31-53)47-64(67)76-81-73(54-32-15-5-16-33-54)78-74(82-76)55-34-17-6-18-35-55/h1-3,5-11,13,15-28,30-48H,4,12,14,29H2. The maximum atomic E-state index is 5.51. The summed E-state index contributed by atoms with van der Waals surface area (Å²) in [6.45, 7) is 0. The van der Waals surface area contributed by atoms with Gasteiger partial charge >= 0.3 is 0 Å².